The molecule has 2 unspecified atom stereocenters. The molecule has 0 aromatic heterocycles. The van der Waals surface area contributed by atoms with Gasteiger partial charge in [0.2, 0.25) is 5.91 Å². The average Bonchev–Trinajstić information content (AvgIpc) is 2.74. The molecule has 0 aliphatic carbocycles. The molecule has 1 amide bonds. The first kappa shape index (κ1) is 24.2. The van der Waals surface area contributed by atoms with Crippen molar-refractivity contribution in [3.05, 3.63) is 39.9 Å². The molecule has 1 aromatic carbocycles. The Kier molecular flexibility index (Phi) is 8.53. The zero-order valence-corrected chi connectivity index (χ0v) is 19.6. The van der Waals surface area contributed by atoms with Crippen LogP contribution in [0.3, 0.4) is 0 Å². The minimum atomic E-state index is -0.442. The van der Waals surface area contributed by atoms with Crippen LogP contribution in [-0.4, -0.2) is 77.5 Å². The molecule has 2 heterocycles. The van der Waals surface area contributed by atoms with Crippen molar-refractivity contribution in [3.8, 4) is 0 Å². The third-order valence-electron chi connectivity index (χ3n) is 6.42. The van der Waals surface area contributed by atoms with E-state index in [1.54, 1.807) is 24.3 Å². The number of aliphatic hydroxyl groups excluding tert-OH is 1. The summed E-state index contributed by atoms with van der Waals surface area (Å²) >= 11 is 12.1. The smallest absolute Gasteiger partial charge is 0.237 e. The monoisotopic (exact) mass is 467 g/mol. The summed E-state index contributed by atoms with van der Waals surface area (Å²) in [6, 6.07) is 4.69. The van der Waals surface area contributed by atoms with E-state index < -0.39 is 6.10 Å². The number of piperidine rings is 1. The van der Waals surface area contributed by atoms with Gasteiger partial charge in [0.15, 0.2) is 5.78 Å². The van der Waals surface area contributed by atoms with Crippen LogP contribution in [0, 0.1) is 5.92 Å². The number of nitrogens with zero attached hydrogens (tertiary/aromatic N) is 2. The van der Waals surface area contributed by atoms with Gasteiger partial charge >= 0.3 is 0 Å². The second-order valence-corrected chi connectivity index (χ2v) is 9.36. The number of benzene rings is 1. The fourth-order valence-corrected chi connectivity index (χ4v) is 4.50. The van der Waals surface area contributed by atoms with Crippen LogP contribution in [0.4, 0.5) is 0 Å². The summed E-state index contributed by atoms with van der Waals surface area (Å²) in [7, 11) is 0. The fourth-order valence-electron chi connectivity index (χ4n) is 4.19. The maximum Gasteiger partial charge on any atom is 0.237 e. The first-order chi connectivity index (χ1) is 14.8. The van der Waals surface area contributed by atoms with E-state index in [1.807, 2.05) is 19.9 Å². The van der Waals surface area contributed by atoms with Crippen molar-refractivity contribution in [1.82, 2.24) is 15.1 Å². The molecule has 2 aliphatic rings. The summed E-state index contributed by atoms with van der Waals surface area (Å²) in [5.41, 5.74) is 0.801. The highest BCUT2D eigenvalue weighted by molar-refractivity contribution is 6.42. The standard InChI is InChI=1S/C23H31Cl2N3O3/c1-15-7-10-28(14-22(15)30)20(8-11-27-12-9-26-23(31)16(27)2)21(29)6-4-17-3-5-18(24)19(25)13-17/h3-6,13,15-16,20,22,30H,7-12,14H2,1-2H3,(H,26,31)/b6-4+/t15-,16?,20?,22+/m0/s1. The molecule has 2 saturated heterocycles. The van der Waals surface area contributed by atoms with Crippen molar-refractivity contribution >= 4 is 41.0 Å². The van der Waals surface area contributed by atoms with Crippen LogP contribution < -0.4 is 5.32 Å². The number of piperazine rings is 1. The number of carbonyl (C=O) groups excluding carboxylic acids is 2. The van der Waals surface area contributed by atoms with Gasteiger partial charge in [-0.1, -0.05) is 42.3 Å². The van der Waals surface area contributed by atoms with Gasteiger partial charge in [0.1, 0.15) is 0 Å². The number of β-amino-alcohol motifs (C(OH)–C–C–N with tert-alkyl or cyclic N) is 1. The molecular formula is C23H31Cl2N3O3. The van der Waals surface area contributed by atoms with Crippen LogP contribution >= 0.6 is 23.2 Å². The predicted molar refractivity (Wildman–Crippen MR) is 124 cm³/mol. The molecule has 31 heavy (non-hydrogen) atoms. The van der Waals surface area contributed by atoms with Gasteiger partial charge in [-0.25, -0.2) is 0 Å². The van der Waals surface area contributed by atoms with Gasteiger partial charge < -0.3 is 10.4 Å². The van der Waals surface area contributed by atoms with Gasteiger partial charge in [0.25, 0.3) is 0 Å². The molecule has 4 atom stereocenters. The van der Waals surface area contributed by atoms with Crippen LogP contribution in [0.1, 0.15) is 32.3 Å². The molecule has 2 aliphatic heterocycles. The fraction of sp³-hybridized carbons (Fsp3) is 0.565. The molecule has 3 rings (SSSR count). The normalized spacial score (nSPS) is 26.7. The zero-order valence-electron chi connectivity index (χ0n) is 18.1. The van der Waals surface area contributed by atoms with E-state index in [9.17, 15) is 14.7 Å². The van der Waals surface area contributed by atoms with E-state index in [4.69, 9.17) is 23.2 Å². The minimum Gasteiger partial charge on any atom is -0.392 e. The lowest BCUT2D eigenvalue weighted by Crippen LogP contribution is -2.56. The van der Waals surface area contributed by atoms with Crippen LogP contribution in [0.5, 0.6) is 0 Å². The Morgan fingerprint density at radius 1 is 1.29 bits per heavy atom. The van der Waals surface area contributed by atoms with Crippen molar-refractivity contribution in [2.75, 3.05) is 32.7 Å². The number of likely N-dealkylation sites (tertiary alicyclic amines) is 1. The first-order valence-corrected chi connectivity index (χ1v) is 11.6. The number of aliphatic hydroxyl groups is 1. The van der Waals surface area contributed by atoms with Crippen molar-refractivity contribution in [1.29, 1.82) is 0 Å². The van der Waals surface area contributed by atoms with E-state index in [0.29, 0.717) is 36.1 Å². The number of hydrogen-bond acceptors (Lipinski definition) is 5. The third kappa shape index (κ3) is 6.30. The maximum atomic E-state index is 13.2. The third-order valence-corrected chi connectivity index (χ3v) is 7.16. The predicted octanol–water partition coefficient (Wildman–Crippen LogP) is 2.86. The highest BCUT2D eigenvalue weighted by Crippen LogP contribution is 2.24. The second kappa shape index (κ2) is 10.9. The maximum absolute atomic E-state index is 13.2. The summed E-state index contributed by atoms with van der Waals surface area (Å²) in [5, 5.41) is 14.2. The highest BCUT2D eigenvalue weighted by Gasteiger charge is 2.33. The molecule has 0 spiro atoms. The Hall–Kier alpha value is -1.44. The van der Waals surface area contributed by atoms with Gasteiger partial charge in [-0.15, -0.1) is 0 Å². The van der Waals surface area contributed by atoms with E-state index >= 15 is 0 Å². The molecule has 2 N–H and O–H groups in total. The van der Waals surface area contributed by atoms with Gasteiger partial charge in [0, 0.05) is 26.2 Å². The Morgan fingerprint density at radius 2 is 2.06 bits per heavy atom. The number of nitrogens with one attached hydrogen (secondary N) is 1. The topological polar surface area (TPSA) is 72.9 Å². The van der Waals surface area contributed by atoms with Crippen LogP contribution in [0.15, 0.2) is 24.3 Å². The van der Waals surface area contributed by atoms with E-state index in [1.165, 1.54) is 0 Å². The Bertz CT molecular complexity index is 832. The lowest BCUT2D eigenvalue weighted by Gasteiger charge is -2.40. The van der Waals surface area contributed by atoms with Crippen molar-refractivity contribution < 1.29 is 14.7 Å². The number of rotatable bonds is 7. The van der Waals surface area contributed by atoms with Crippen LogP contribution in [-0.2, 0) is 9.59 Å². The van der Waals surface area contributed by atoms with Crippen LogP contribution in [0.25, 0.3) is 6.08 Å². The molecule has 6 nitrogen and oxygen atoms in total. The first-order valence-electron chi connectivity index (χ1n) is 10.9. The Labute approximate surface area is 194 Å². The van der Waals surface area contributed by atoms with Crippen molar-refractivity contribution in [3.63, 3.8) is 0 Å². The number of carbonyl (C=O) groups is 2. The van der Waals surface area contributed by atoms with Crippen LogP contribution in [0.2, 0.25) is 10.0 Å². The summed E-state index contributed by atoms with van der Waals surface area (Å²) in [5.74, 6) is 0.238. The van der Waals surface area contributed by atoms with Crippen molar-refractivity contribution in [2.24, 2.45) is 5.92 Å². The van der Waals surface area contributed by atoms with E-state index in [0.717, 1.165) is 25.1 Å². The Morgan fingerprint density at radius 3 is 2.77 bits per heavy atom. The molecule has 0 bridgehead atoms. The summed E-state index contributed by atoms with van der Waals surface area (Å²) in [6.45, 7) is 7.22. The molecule has 1 aromatic rings. The van der Waals surface area contributed by atoms with E-state index in [2.05, 4.69) is 15.1 Å². The SMILES string of the molecule is CC1C(=O)NCCN1CCC(C(=O)/C=C/c1ccc(Cl)c(Cl)c1)N1CC[C@H](C)[C@H](O)C1. The Balaban J connectivity index is 1.72. The van der Waals surface area contributed by atoms with Gasteiger partial charge in [-0.3, -0.25) is 19.4 Å². The molecule has 0 radical (unpaired) electrons. The zero-order chi connectivity index (χ0) is 22.5. The quantitative estimate of drug-likeness (QED) is 0.603. The average molecular weight is 468 g/mol. The number of amides is 1. The molecular weight excluding hydrogens is 437 g/mol. The summed E-state index contributed by atoms with van der Waals surface area (Å²) in [4.78, 5) is 29.4. The summed E-state index contributed by atoms with van der Waals surface area (Å²) < 4.78 is 0. The number of hydrogen-bond donors (Lipinski definition) is 2. The van der Waals surface area contributed by atoms with Crippen molar-refractivity contribution in [2.45, 2.75) is 44.9 Å². The molecule has 0 saturated carbocycles. The van der Waals surface area contributed by atoms with Gasteiger partial charge in [-0.2, -0.15) is 0 Å². The number of halogens is 2. The molecule has 2 fully saturated rings. The largest absolute Gasteiger partial charge is 0.392 e. The molecule has 8 heteroatoms. The lowest BCUT2D eigenvalue weighted by atomic mass is 9.93. The van der Waals surface area contributed by atoms with Gasteiger partial charge in [-0.05, 0) is 56.0 Å². The second-order valence-electron chi connectivity index (χ2n) is 8.54. The van der Waals surface area contributed by atoms with E-state index in [-0.39, 0.29) is 29.7 Å². The number of ketones is 1. The van der Waals surface area contributed by atoms with Gasteiger partial charge in [0.05, 0.1) is 28.2 Å². The summed E-state index contributed by atoms with van der Waals surface area (Å²) in [6.07, 6.45) is 4.34. The highest BCUT2D eigenvalue weighted by atomic mass is 35.5. The lowest BCUT2D eigenvalue weighted by molar-refractivity contribution is -0.128. The molecule has 170 valence electrons. The minimum absolute atomic E-state index is 0.0121.